The quantitative estimate of drug-likeness (QED) is 0.131. The first-order chi connectivity index (χ1) is 11.7. The smallest absolute Gasteiger partial charge is 0.352 e. The molecule has 0 bridgehead atoms. The van der Waals surface area contributed by atoms with Crippen LogP contribution in [0, 0.1) is 6.92 Å². The Hall–Kier alpha value is -2.18. The molecule has 2 atom stereocenters. The number of β-lactam (4-membered cyclic amide) rings is 1. The topological polar surface area (TPSA) is 178 Å². The van der Waals surface area contributed by atoms with Crippen LogP contribution in [0.3, 0.4) is 0 Å². The van der Waals surface area contributed by atoms with E-state index >= 15 is 0 Å². The standard InChI is InChI=1S/C13H17N7O3S2/c1-4-8(15)18-13(20(17)9(4)16)25-3-5-2-24-11-6(14)10(21)19(11)7(5)12(22)23/h6,11H,2-3,14,17H2,1H3,(H4,15,16,22,23)/p+1. The van der Waals surface area contributed by atoms with Crippen molar-refractivity contribution in [3.63, 3.8) is 0 Å². The van der Waals surface area contributed by atoms with Crippen LogP contribution in [0.2, 0.25) is 0 Å². The highest BCUT2D eigenvalue weighted by Crippen LogP contribution is 2.40. The number of carboxylic acid groups (broad SMARTS) is 1. The number of aromatic nitrogens is 2. The van der Waals surface area contributed by atoms with Crippen LogP contribution in [0.25, 0.3) is 0 Å². The minimum Gasteiger partial charge on any atom is -0.477 e. The van der Waals surface area contributed by atoms with Crippen molar-refractivity contribution < 1.29 is 19.4 Å². The van der Waals surface area contributed by atoms with Gasteiger partial charge in [0.2, 0.25) is 17.5 Å². The lowest BCUT2D eigenvalue weighted by molar-refractivity contribution is -0.667. The number of hydrogen-bond acceptors (Lipinski definition) is 9. The Bertz CT molecular complexity index is 813. The van der Waals surface area contributed by atoms with Crippen molar-refractivity contribution in [3.8, 4) is 0 Å². The maximum Gasteiger partial charge on any atom is 0.352 e. The summed E-state index contributed by atoms with van der Waals surface area (Å²) in [6, 6.07) is -0.655. The molecule has 0 saturated carbocycles. The molecule has 10 nitrogen and oxygen atoms in total. The Kier molecular flexibility index (Phi) is 4.43. The molecule has 0 aromatic carbocycles. The first kappa shape index (κ1) is 17.6. The number of nitrogen functional groups attached to an aromatic ring is 3. The van der Waals surface area contributed by atoms with Crippen molar-refractivity contribution >= 4 is 47.0 Å². The van der Waals surface area contributed by atoms with E-state index in [4.69, 9.17) is 23.0 Å². The normalized spacial score (nSPS) is 22.6. The summed E-state index contributed by atoms with van der Waals surface area (Å²) in [5.74, 6) is 5.64. The monoisotopic (exact) mass is 384 g/mol. The molecule has 3 rings (SSSR count). The summed E-state index contributed by atoms with van der Waals surface area (Å²) in [6.07, 6.45) is 0. The number of fused-ring (bicyclic) bond motifs is 1. The highest BCUT2D eigenvalue weighted by atomic mass is 32.2. The van der Waals surface area contributed by atoms with Crippen LogP contribution in [0.15, 0.2) is 16.4 Å². The maximum atomic E-state index is 11.9. The average Bonchev–Trinajstić information content (AvgIpc) is 2.60. The third-order valence-corrected chi connectivity index (χ3v) is 6.52. The molecule has 9 N–H and O–H groups in total. The molecule has 0 spiro atoms. The van der Waals surface area contributed by atoms with Gasteiger partial charge in [-0.25, -0.2) is 4.79 Å². The number of carbonyl (C=O) groups excluding carboxylic acids is 1. The van der Waals surface area contributed by atoms with Gasteiger partial charge in [-0.05, 0) is 24.3 Å². The number of carboxylic acids is 1. The number of carbonyl (C=O) groups is 2. The van der Waals surface area contributed by atoms with Crippen LogP contribution in [0.4, 0.5) is 11.6 Å². The van der Waals surface area contributed by atoms with Crippen LogP contribution >= 0.6 is 23.5 Å². The lowest BCUT2D eigenvalue weighted by atomic mass is 10.0. The lowest BCUT2D eigenvalue weighted by Gasteiger charge is -2.48. The molecule has 1 fully saturated rings. The Balaban J connectivity index is 1.87. The van der Waals surface area contributed by atoms with Gasteiger partial charge in [-0.2, -0.15) is 0 Å². The van der Waals surface area contributed by atoms with Gasteiger partial charge in [0.25, 0.3) is 0 Å². The molecule has 1 saturated heterocycles. The molecule has 1 aromatic rings. The highest BCUT2D eigenvalue weighted by Gasteiger charge is 2.51. The van der Waals surface area contributed by atoms with Gasteiger partial charge in [-0.15, -0.1) is 16.4 Å². The van der Waals surface area contributed by atoms with Gasteiger partial charge in [0.05, 0.1) is 5.56 Å². The van der Waals surface area contributed by atoms with Crippen LogP contribution in [0.1, 0.15) is 5.56 Å². The molecule has 12 heteroatoms. The van der Waals surface area contributed by atoms with Gasteiger partial charge >= 0.3 is 11.1 Å². The number of amides is 1. The molecule has 2 aliphatic rings. The maximum absolute atomic E-state index is 11.9. The fourth-order valence-corrected chi connectivity index (χ4v) is 4.96. The van der Waals surface area contributed by atoms with E-state index < -0.39 is 12.0 Å². The Morgan fingerprint density at radius 1 is 1.52 bits per heavy atom. The van der Waals surface area contributed by atoms with Gasteiger partial charge in [-0.1, -0.05) is 4.98 Å². The van der Waals surface area contributed by atoms with Crippen molar-refractivity contribution in [2.24, 2.45) is 5.73 Å². The Morgan fingerprint density at radius 3 is 2.84 bits per heavy atom. The summed E-state index contributed by atoms with van der Waals surface area (Å²) in [6.45, 7) is 1.71. The van der Waals surface area contributed by atoms with Crippen molar-refractivity contribution in [1.29, 1.82) is 0 Å². The molecule has 25 heavy (non-hydrogen) atoms. The van der Waals surface area contributed by atoms with Gasteiger partial charge in [0.1, 0.15) is 17.1 Å². The number of hydrogen-bond donors (Lipinski definition) is 5. The Labute approximate surface area is 151 Å². The zero-order chi connectivity index (χ0) is 18.5. The zero-order valence-corrected chi connectivity index (χ0v) is 14.9. The molecule has 3 heterocycles. The van der Waals surface area contributed by atoms with E-state index in [1.54, 1.807) is 6.92 Å². The predicted octanol–water partition coefficient (Wildman–Crippen LogP) is -1.77. The molecule has 0 aliphatic carbocycles. The van der Waals surface area contributed by atoms with E-state index in [-0.39, 0.29) is 34.4 Å². The average molecular weight is 384 g/mol. The zero-order valence-electron chi connectivity index (χ0n) is 13.3. The minimum absolute atomic E-state index is 0.0143. The first-order valence-electron chi connectivity index (χ1n) is 7.25. The van der Waals surface area contributed by atoms with Gasteiger partial charge in [0, 0.05) is 11.5 Å². The summed E-state index contributed by atoms with van der Waals surface area (Å²) in [5.41, 5.74) is 18.6. The number of rotatable bonds is 4. The third kappa shape index (κ3) is 2.75. The van der Waals surface area contributed by atoms with E-state index in [1.165, 1.54) is 33.1 Å². The Morgan fingerprint density at radius 2 is 2.20 bits per heavy atom. The molecule has 1 amide bonds. The van der Waals surface area contributed by atoms with Crippen LogP contribution < -0.4 is 27.7 Å². The number of thioether (sulfide) groups is 2. The van der Waals surface area contributed by atoms with Crippen LogP contribution in [-0.4, -0.2) is 49.8 Å². The largest absolute Gasteiger partial charge is 0.477 e. The molecule has 2 aliphatic heterocycles. The molecular formula is C13H18N7O3S2+. The van der Waals surface area contributed by atoms with E-state index in [9.17, 15) is 14.7 Å². The second-order valence-corrected chi connectivity index (χ2v) is 7.69. The second-order valence-electron chi connectivity index (χ2n) is 5.64. The number of nitrogens with two attached hydrogens (primary N) is 4. The summed E-state index contributed by atoms with van der Waals surface area (Å²) in [5, 5.41) is 9.55. The highest BCUT2D eigenvalue weighted by molar-refractivity contribution is 8.01. The second kappa shape index (κ2) is 6.28. The van der Waals surface area contributed by atoms with Gasteiger partial charge in [0.15, 0.2) is 0 Å². The summed E-state index contributed by atoms with van der Waals surface area (Å²) in [7, 11) is 0. The third-order valence-electron chi connectivity index (χ3n) is 4.12. The molecule has 0 radical (unpaired) electrons. The molecular weight excluding hydrogens is 366 g/mol. The van der Waals surface area contributed by atoms with Crippen LogP contribution in [-0.2, 0) is 9.59 Å². The summed E-state index contributed by atoms with van der Waals surface area (Å²) >= 11 is 2.64. The number of anilines is 2. The van der Waals surface area contributed by atoms with Crippen LogP contribution in [0.5, 0.6) is 0 Å². The molecule has 134 valence electrons. The van der Waals surface area contributed by atoms with Crippen molar-refractivity contribution in [2.45, 2.75) is 23.5 Å². The van der Waals surface area contributed by atoms with Crippen molar-refractivity contribution in [2.75, 3.05) is 28.8 Å². The molecule has 2 unspecified atom stereocenters. The molecule has 1 aromatic heterocycles. The van der Waals surface area contributed by atoms with Gasteiger partial charge < -0.3 is 22.3 Å². The fraction of sp³-hybridized carbons (Fsp3) is 0.385. The van der Waals surface area contributed by atoms with Gasteiger partial charge in [-0.3, -0.25) is 15.5 Å². The number of nitrogens with zero attached hydrogens (tertiary/aromatic N) is 3. The predicted molar refractivity (Wildman–Crippen MR) is 94.6 cm³/mol. The summed E-state index contributed by atoms with van der Waals surface area (Å²) < 4.78 is 1.21. The van der Waals surface area contributed by atoms with Crippen molar-refractivity contribution in [1.82, 2.24) is 9.88 Å². The first-order valence-corrected chi connectivity index (χ1v) is 9.28. The fourth-order valence-electron chi connectivity index (χ4n) is 2.60. The van der Waals surface area contributed by atoms with E-state index in [1.807, 2.05) is 0 Å². The minimum atomic E-state index is -1.15. The van der Waals surface area contributed by atoms with Crippen molar-refractivity contribution in [3.05, 3.63) is 16.8 Å². The number of aliphatic carboxylic acids is 1. The summed E-state index contributed by atoms with van der Waals surface area (Å²) in [4.78, 5) is 29.0. The van der Waals surface area contributed by atoms with E-state index in [2.05, 4.69) is 4.98 Å². The van der Waals surface area contributed by atoms with E-state index in [0.29, 0.717) is 22.0 Å². The SMILES string of the molecule is Cc1c(N)nc(SCC2=C(C(=O)O)N3C(=O)C(N)C3SC2)[n+](N)c1N. The lowest BCUT2D eigenvalue weighted by Crippen LogP contribution is -2.68. The van der Waals surface area contributed by atoms with E-state index in [0.717, 1.165) is 0 Å².